The van der Waals surface area contributed by atoms with Gasteiger partial charge in [0.2, 0.25) is 0 Å². The molecule has 0 amide bonds. The first-order chi connectivity index (χ1) is 25.6. The summed E-state index contributed by atoms with van der Waals surface area (Å²) < 4.78 is 2.61. The van der Waals surface area contributed by atoms with Crippen molar-refractivity contribution in [3.8, 4) is 44.6 Å². The zero-order valence-electron chi connectivity index (χ0n) is 28.8. The Morgan fingerprint density at radius 1 is 0.423 bits per heavy atom. The Morgan fingerprint density at radius 2 is 0.962 bits per heavy atom. The summed E-state index contributed by atoms with van der Waals surface area (Å²) in [4.78, 5) is 10.5. The molecule has 11 rings (SSSR count). The van der Waals surface area contributed by atoms with Gasteiger partial charge in [-0.05, 0) is 55.8 Å². The van der Waals surface area contributed by atoms with E-state index >= 15 is 0 Å². The van der Waals surface area contributed by atoms with Crippen molar-refractivity contribution in [2.75, 3.05) is 0 Å². The van der Waals surface area contributed by atoms with E-state index < -0.39 is 0 Å². The van der Waals surface area contributed by atoms with Crippen LogP contribution < -0.4 is 0 Å². The third-order valence-electron chi connectivity index (χ3n) is 11.3. The van der Waals surface area contributed by atoms with Gasteiger partial charge in [0.25, 0.3) is 0 Å². The van der Waals surface area contributed by atoms with E-state index in [1.54, 1.807) is 0 Å². The molecule has 0 atom stereocenters. The topological polar surface area (TPSA) is 25.8 Å². The van der Waals surface area contributed by atoms with Crippen LogP contribution in [0.5, 0.6) is 0 Å². The van der Waals surface area contributed by atoms with Crippen LogP contribution in [0.15, 0.2) is 158 Å². The number of hydrogen-bond donors (Lipinski definition) is 0. The van der Waals surface area contributed by atoms with Gasteiger partial charge >= 0.3 is 0 Å². The Hall–Kier alpha value is -6.16. The highest BCUT2D eigenvalue weighted by molar-refractivity contribution is 7.26. The number of rotatable bonds is 3. The average molecular weight is 681 g/mol. The molecule has 0 radical (unpaired) electrons. The van der Waals surface area contributed by atoms with E-state index in [1.807, 2.05) is 17.5 Å². The van der Waals surface area contributed by atoms with Gasteiger partial charge in [-0.1, -0.05) is 159 Å². The average Bonchev–Trinajstić information content (AvgIpc) is 3.70. The van der Waals surface area contributed by atoms with Crippen molar-refractivity contribution in [2.45, 2.75) is 19.3 Å². The summed E-state index contributed by atoms with van der Waals surface area (Å²) in [5.74, 6) is 0. The quantitative estimate of drug-likeness (QED) is 0.174. The number of aromatic nitrogens is 2. The van der Waals surface area contributed by atoms with E-state index in [2.05, 4.69) is 166 Å². The second kappa shape index (κ2) is 10.9. The number of thiophene rings is 1. The van der Waals surface area contributed by atoms with Crippen LogP contribution in [0, 0.1) is 0 Å². The first-order valence-corrected chi connectivity index (χ1v) is 18.7. The first kappa shape index (κ1) is 29.6. The summed E-state index contributed by atoms with van der Waals surface area (Å²) in [5.41, 5.74) is 14.2. The zero-order chi connectivity index (χ0) is 34.6. The fraction of sp³-hybridized carbons (Fsp3) is 0.0612. The zero-order valence-corrected chi connectivity index (χ0v) is 29.6. The molecule has 0 spiro atoms. The molecule has 0 saturated carbocycles. The molecule has 0 N–H and O–H groups in total. The predicted molar refractivity (Wildman–Crippen MR) is 221 cm³/mol. The van der Waals surface area contributed by atoms with Gasteiger partial charge < -0.3 is 0 Å². The molecule has 1 aliphatic rings. The number of hydrogen-bond acceptors (Lipinski definition) is 3. The molecule has 244 valence electrons. The maximum absolute atomic E-state index is 5.38. The van der Waals surface area contributed by atoms with E-state index in [-0.39, 0.29) is 5.41 Å². The van der Waals surface area contributed by atoms with Crippen LogP contribution in [0.3, 0.4) is 0 Å². The van der Waals surface area contributed by atoms with E-state index in [0.29, 0.717) is 0 Å². The summed E-state index contributed by atoms with van der Waals surface area (Å²) in [6.45, 7) is 4.71. The van der Waals surface area contributed by atoms with E-state index in [0.717, 1.165) is 38.6 Å². The van der Waals surface area contributed by atoms with Crippen molar-refractivity contribution in [1.82, 2.24) is 9.97 Å². The van der Waals surface area contributed by atoms with Crippen molar-refractivity contribution in [3.05, 3.63) is 169 Å². The summed E-state index contributed by atoms with van der Waals surface area (Å²) in [6, 6.07) is 55.3. The summed E-state index contributed by atoms with van der Waals surface area (Å²) in [6.07, 6.45) is 1.96. The smallest absolute Gasteiger partial charge is 0.0979 e. The van der Waals surface area contributed by atoms with E-state index in [1.165, 1.54) is 69.9 Å². The molecule has 10 aromatic rings. The standard InChI is InChI=1S/C49H32N2S/c1-49(2)42-24-10-9-16-34(42)35-26-25-29(27-43(35)49)30-20-11-22-40-41-23-12-21-39(48(41)52-47(30)40)33-15-3-6-17-36(33)44-28-50-45-37-18-7-4-13-31(37)32-14-5-8-19-38(32)46(45)51-44/h3-28H,1-2H3. The van der Waals surface area contributed by atoms with E-state index in [4.69, 9.17) is 9.97 Å². The van der Waals surface area contributed by atoms with Crippen LogP contribution >= 0.6 is 11.3 Å². The Kier molecular flexibility index (Phi) is 6.21. The molecule has 3 heteroatoms. The van der Waals surface area contributed by atoms with E-state index in [9.17, 15) is 0 Å². The largest absolute Gasteiger partial charge is 0.252 e. The van der Waals surface area contributed by atoms with Gasteiger partial charge in [-0.2, -0.15) is 0 Å². The molecule has 0 saturated heterocycles. The molecule has 0 unspecified atom stereocenters. The van der Waals surface area contributed by atoms with Crippen LogP contribution in [-0.4, -0.2) is 9.97 Å². The fourth-order valence-electron chi connectivity index (χ4n) is 8.83. The Bertz CT molecular complexity index is 3080. The van der Waals surface area contributed by atoms with Crippen molar-refractivity contribution in [2.24, 2.45) is 0 Å². The Labute approximate surface area is 305 Å². The minimum Gasteiger partial charge on any atom is -0.252 e. The van der Waals surface area contributed by atoms with Crippen molar-refractivity contribution < 1.29 is 0 Å². The highest BCUT2D eigenvalue weighted by Gasteiger charge is 2.35. The molecule has 0 fully saturated rings. The van der Waals surface area contributed by atoms with Crippen molar-refractivity contribution in [3.63, 3.8) is 0 Å². The molecule has 2 heterocycles. The molecule has 0 aliphatic heterocycles. The van der Waals surface area contributed by atoms with Crippen LogP contribution in [0.4, 0.5) is 0 Å². The van der Waals surface area contributed by atoms with Gasteiger partial charge in [-0.3, -0.25) is 4.98 Å². The minimum atomic E-state index is -0.0437. The lowest BCUT2D eigenvalue weighted by molar-refractivity contribution is 0.660. The lowest BCUT2D eigenvalue weighted by Gasteiger charge is -2.22. The summed E-state index contributed by atoms with van der Waals surface area (Å²) in [5, 5.41) is 7.24. The molecular formula is C49H32N2S. The molecule has 0 bridgehead atoms. The van der Waals surface area contributed by atoms with Crippen molar-refractivity contribution >= 4 is 64.1 Å². The fourth-order valence-corrected chi connectivity index (χ4v) is 10.2. The predicted octanol–water partition coefficient (Wildman–Crippen LogP) is 13.6. The SMILES string of the molecule is CC1(C)c2ccccc2-c2ccc(-c3cccc4c3sc3c(-c5ccccc5-c5cnc6c7ccccc7c7ccccc7c6n5)cccc34)cc21. The number of nitrogens with zero attached hydrogens (tertiary/aromatic N) is 2. The van der Waals surface area contributed by atoms with Gasteiger partial charge in [0.15, 0.2) is 0 Å². The van der Waals surface area contributed by atoms with Crippen LogP contribution in [0.1, 0.15) is 25.0 Å². The van der Waals surface area contributed by atoms with Gasteiger partial charge in [0.05, 0.1) is 22.9 Å². The van der Waals surface area contributed by atoms with Crippen LogP contribution in [0.25, 0.3) is 97.4 Å². The highest BCUT2D eigenvalue weighted by atomic mass is 32.1. The third-order valence-corrected chi connectivity index (χ3v) is 12.6. The van der Waals surface area contributed by atoms with Gasteiger partial charge in [-0.15, -0.1) is 11.3 Å². The molecule has 8 aromatic carbocycles. The van der Waals surface area contributed by atoms with Gasteiger partial charge in [0, 0.05) is 47.5 Å². The van der Waals surface area contributed by atoms with Gasteiger partial charge in [0.1, 0.15) is 0 Å². The van der Waals surface area contributed by atoms with Crippen LogP contribution in [-0.2, 0) is 5.41 Å². The first-order valence-electron chi connectivity index (χ1n) is 17.9. The monoisotopic (exact) mass is 680 g/mol. The molecule has 2 aromatic heterocycles. The number of fused-ring (bicyclic) bond motifs is 12. The second-order valence-electron chi connectivity index (χ2n) is 14.5. The lowest BCUT2D eigenvalue weighted by Crippen LogP contribution is -2.14. The maximum atomic E-state index is 5.38. The molecule has 52 heavy (non-hydrogen) atoms. The minimum absolute atomic E-state index is 0.0437. The molecule has 1 aliphatic carbocycles. The summed E-state index contributed by atoms with van der Waals surface area (Å²) >= 11 is 1.90. The van der Waals surface area contributed by atoms with Crippen LogP contribution in [0.2, 0.25) is 0 Å². The Balaban J connectivity index is 1.09. The third kappa shape index (κ3) is 4.11. The number of benzene rings is 8. The highest BCUT2D eigenvalue weighted by Crippen LogP contribution is 2.51. The van der Waals surface area contributed by atoms with Crippen molar-refractivity contribution in [1.29, 1.82) is 0 Å². The second-order valence-corrected chi connectivity index (χ2v) is 15.5. The summed E-state index contributed by atoms with van der Waals surface area (Å²) in [7, 11) is 0. The van der Waals surface area contributed by atoms with Gasteiger partial charge in [-0.25, -0.2) is 4.98 Å². The molecular weight excluding hydrogens is 649 g/mol. The Morgan fingerprint density at radius 3 is 1.71 bits per heavy atom. The molecule has 2 nitrogen and oxygen atoms in total. The maximum Gasteiger partial charge on any atom is 0.0979 e. The normalized spacial score (nSPS) is 13.3. The lowest BCUT2D eigenvalue weighted by atomic mass is 9.81.